The predicted molar refractivity (Wildman–Crippen MR) is 53.3 cm³/mol. The third kappa shape index (κ3) is 2.68. The Kier molecular flexibility index (Phi) is 2.90. The molecule has 0 saturated heterocycles. The summed E-state index contributed by atoms with van der Waals surface area (Å²) in [4.78, 5) is 6.56. The summed E-state index contributed by atoms with van der Waals surface area (Å²) >= 11 is 0. The van der Waals surface area contributed by atoms with Gasteiger partial charge < -0.3 is 4.90 Å². The van der Waals surface area contributed by atoms with Gasteiger partial charge in [0.05, 0.1) is 11.9 Å². The van der Waals surface area contributed by atoms with Crippen LogP contribution in [0.15, 0.2) is 17.3 Å². The van der Waals surface area contributed by atoms with E-state index < -0.39 is 0 Å². The molecule has 0 bridgehead atoms. The smallest absolute Gasteiger partial charge is 0.0900 e. The molecule has 0 aromatic heterocycles. The van der Waals surface area contributed by atoms with E-state index in [1.165, 1.54) is 12.8 Å². The van der Waals surface area contributed by atoms with Crippen molar-refractivity contribution < 1.29 is 0 Å². The summed E-state index contributed by atoms with van der Waals surface area (Å²) in [6, 6.07) is 0. The summed E-state index contributed by atoms with van der Waals surface area (Å²) in [5.74, 6) is 0. The van der Waals surface area contributed by atoms with Crippen LogP contribution in [0.4, 0.5) is 0 Å². The van der Waals surface area contributed by atoms with Crippen molar-refractivity contribution >= 4 is 6.34 Å². The van der Waals surface area contributed by atoms with Gasteiger partial charge in [0.25, 0.3) is 0 Å². The third-order valence-electron chi connectivity index (χ3n) is 1.98. The maximum Gasteiger partial charge on any atom is 0.0900 e. The van der Waals surface area contributed by atoms with Crippen molar-refractivity contribution in [3.05, 3.63) is 12.3 Å². The van der Waals surface area contributed by atoms with Crippen molar-refractivity contribution in [3.8, 4) is 0 Å². The van der Waals surface area contributed by atoms with Gasteiger partial charge in [0.15, 0.2) is 0 Å². The second-order valence-electron chi connectivity index (χ2n) is 3.81. The van der Waals surface area contributed by atoms with Crippen molar-refractivity contribution in [2.24, 2.45) is 4.99 Å². The Morgan fingerprint density at radius 2 is 2.17 bits per heavy atom. The summed E-state index contributed by atoms with van der Waals surface area (Å²) < 4.78 is 0. The van der Waals surface area contributed by atoms with E-state index in [1.807, 2.05) is 6.34 Å². The second kappa shape index (κ2) is 3.74. The van der Waals surface area contributed by atoms with Gasteiger partial charge in [0.2, 0.25) is 0 Å². The number of rotatable bonds is 3. The zero-order valence-electron chi connectivity index (χ0n) is 8.25. The molecule has 2 nitrogen and oxygen atoms in total. The highest BCUT2D eigenvalue weighted by Crippen LogP contribution is 2.14. The SMILES string of the molecule is CCCCN1C=CC(C)(C)N=C1. The lowest BCUT2D eigenvalue weighted by atomic mass is 10.1. The van der Waals surface area contributed by atoms with Gasteiger partial charge in [-0.2, -0.15) is 0 Å². The Labute approximate surface area is 75.0 Å². The molecule has 2 heteroatoms. The van der Waals surface area contributed by atoms with E-state index in [4.69, 9.17) is 0 Å². The molecule has 0 radical (unpaired) electrons. The molecule has 0 spiro atoms. The minimum absolute atomic E-state index is 0.00269. The summed E-state index contributed by atoms with van der Waals surface area (Å²) in [5, 5.41) is 0. The summed E-state index contributed by atoms with van der Waals surface area (Å²) in [5.41, 5.74) is 0.00269. The van der Waals surface area contributed by atoms with Crippen LogP contribution in [0.25, 0.3) is 0 Å². The van der Waals surface area contributed by atoms with E-state index in [9.17, 15) is 0 Å². The normalized spacial score (nSPS) is 20.1. The highest BCUT2D eigenvalue weighted by Gasteiger charge is 2.14. The lowest BCUT2D eigenvalue weighted by molar-refractivity contribution is 0.502. The van der Waals surface area contributed by atoms with Gasteiger partial charge in [-0.25, -0.2) is 0 Å². The molecule has 0 aromatic rings. The zero-order valence-corrected chi connectivity index (χ0v) is 8.25. The fourth-order valence-corrected chi connectivity index (χ4v) is 1.06. The average molecular weight is 166 g/mol. The van der Waals surface area contributed by atoms with Crippen molar-refractivity contribution in [3.63, 3.8) is 0 Å². The molecular formula is C10H18N2. The highest BCUT2D eigenvalue weighted by molar-refractivity contribution is 5.59. The molecule has 1 aliphatic heterocycles. The molecular weight excluding hydrogens is 148 g/mol. The second-order valence-corrected chi connectivity index (χ2v) is 3.81. The van der Waals surface area contributed by atoms with E-state index >= 15 is 0 Å². The minimum atomic E-state index is 0.00269. The summed E-state index contributed by atoms with van der Waals surface area (Å²) in [7, 11) is 0. The first-order valence-corrected chi connectivity index (χ1v) is 4.64. The van der Waals surface area contributed by atoms with E-state index in [2.05, 4.69) is 42.9 Å². The predicted octanol–water partition coefficient (Wildman–Crippen LogP) is 2.42. The van der Waals surface area contributed by atoms with Crippen LogP contribution in [-0.2, 0) is 0 Å². The molecule has 1 rings (SSSR count). The number of nitrogens with zero attached hydrogens (tertiary/aromatic N) is 2. The molecule has 1 heterocycles. The first-order chi connectivity index (χ1) is 5.64. The first kappa shape index (κ1) is 9.30. The van der Waals surface area contributed by atoms with Crippen LogP contribution in [0.3, 0.4) is 0 Å². The van der Waals surface area contributed by atoms with Crippen molar-refractivity contribution in [1.82, 2.24) is 4.90 Å². The number of aliphatic imine (C=N–C) groups is 1. The van der Waals surface area contributed by atoms with Gasteiger partial charge in [-0.15, -0.1) is 0 Å². The molecule has 0 amide bonds. The van der Waals surface area contributed by atoms with Crippen LogP contribution in [0.1, 0.15) is 33.6 Å². The van der Waals surface area contributed by atoms with Crippen molar-refractivity contribution in [1.29, 1.82) is 0 Å². The Bertz CT molecular complexity index is 176. The van der Waals surface area contributed by atoms with Crippen molar-refractivity contribution in [2.75, 3.05) is 6.54 Å². The number of hydrogen-bond acceptors (Lipinski definition) is 2. The van der Waals surface area contributed by atoms with Gasteiger partial charge in [-0.05, 0) is 26.3 Å². The quantitative estimate of drug-likeness (QED) is 0.628. The van der Waals surface area contributed by atoms with E-state index in [-0.39, 0.29) is 5.54 Å². The minimum Gasteiger partial charge on any atom is -0.340 e. The van der Waals surface area contributed by atoms with Gasteiger partial charge in [-0.3, -0.25) is 4.99 Å². The lowest BCUT2D eigenvalue weighted by Crippen LogP contribution is -2.26. The maximum atomic E-state index is 4.41. The Balaban J connectivity index is 2.39. The monoisotopic (exact) mass is 166 g/mol. The molecule has 0 saturated carbocycles. The molecule has 0 unspecified atom stereocenters. The van der Waals surface area contributed by atoms with Crippen LogP contribution >= 0.6 is 0 Å². The van der Waals surface area contributed by atoms with Gasteiger partial charge in [0.1, 0.15) is 0 Å². The number of hydrogen-bond donors (Lipinski definition) is 0. The Morgan fingerprint density at radius 1 is 1.42 bits per heavy atom. The zero-order chi connectivity index (χ0) is 9.03. The molecule has 0 atom stereocenters. The molecule has 68 valence electrons. The van der Waals surface area contributed by atoms with E-state index in [0.717, 1.165) is 6.54 Å². The van der Waals surface area contributed by atoms with Crippen molar-refractivity contribution in [2.45, 2.75) is 39.2 Å². The van der Waals surface area contributed by atoms with Crippen LogP contribution in [0, 0.1) is 0 Å². The fraction of sp³-hybridized carbons (Fsp3) is 0.700. The molecule has 1 aliphatic rings. The van der Waals surface area contributed by atoms with Crippen LogP contribution < -0.4 is 0 Å². The van der Waals surface area contributed by atoms with Gasteiger partial charge in [0, 0.05) is 12.7 Å². The van der Waals surface area contributed by atoms with E-state index in [0.29, 0.717) is 0 Å². The molecule has 0 N–H and O–H groups in total. The summed E-state index contributed by atoms with van der Waals surface area (Å²) in [6.07, 6.45) is 8.68. The standard InChI is InChI=1S/C10H18N2/c1-4-5-7-12-8-6-10(2,3)11-9-12/h6,8-9H,4-5,7H2,1-3H3. The van der Waals surface area contributed by atoms with Gasteiger partial charge in [-0.1, -0.05) is 13.3 Å². The lowest BCUT2D eigenvalue weighted by Gasteiger charge is -2.24. The molecule has 0 aliphatic carbocycles. The first-order valence-electron chi connectivity index (χ1n) is 4.64. The van der Waals surface area contributed by atoms with Crippen LogP contribution in [0.5, 0.6) is 0 Å². The summed E-state index contributed by atoms with van der Waals surface area (Å²) in [6.45, 7) is 7.51. The Hall–Kier alpha value is -0.790. The van der Waals surface area contributed by atoms with Crippen LogP contribution in [0.2, 0.25) is 0 Å². The third-order valence-corrected chi connectivity index (χ3v) is 1.98. The molecule has 12 heavy (non-hydrogen) atoms. The molecule has 0 fully saturated rings. The molecule has 0 aromatic carbocycles. The Morgan fingerprint density at radius 3 is 2.67 bits per heavy atom. The topological polar surface area (TPSA) is 15.6 Å². The van der Waals surface area contributed by atoms with Gasteiger partial charge >= 0.3 is 0 Å². The van der Waals surface area contributed by atoms with E-state index in [1.54, 1.807) is 0 Å². The number of unbranched alkanes of at least 4 members (excludes halogenated alkanes) is 1. The van der Waals surface area contributed by atoms with Crippen LogP contribution in [-0.4, -0.2) is 23.3 Å². The largest absolute Gasteiger partial charge is 0.340 e. The fourth-order valence-electron chi connectivity index (χ4n) is 1.06. The maximum absolute atomic E-state index is 4.41. The highest BCUT2D eigenvalue weighted by atomic mass is 15.2. The average Bonchev–Trinajstić information content (AvgIpc) is 2.03.